The first kappa shape index (κ1) is 14.0. The lowest BCUT2D eigenvalue weighted by molar-refractivity contribution is 0.510. The maximum Gasteiger partial charge on any atom is 0.00796 e. The SMILES string of the molecule is CCCCCCCCNCCC1CCCN1. The van der Waals surface area contributed by atoms with Gasteiger partial charge in [0.1, 0.15) is 0 Å². The molecule has 1 saturated heterocycles. The van der Waals surface area contributed by atoms with Crippen molar-refractivity contribution in [2.75, 3.05) is 19.6 Å². The maximum absolute atomic E-state index is 3.56. The molecule has 0 spiro atoms. The summed E-state index contributed by atoms with van der Waals surface area (Å²) in [7, 11) is 0. The summed E-state index contributed by atoms with van der Waals surface area (Å²) in [5, 5.41) is 7.11. The van der Waals surface area contributed by atoms with Gasteiger partial charge in [-0.05, 0) is 45.3 Å². The third-order valence-electron chi connectivity index (χ3n) is 3.54. The van der Waals surface area contributed by atoms with Crippen LogP contribution in [0.25, 0.3) is 0 Å². The van der Waals surface area contributed by atoms with Gasteiger partial charge in [0.15, 0.2) is 0 Å². The molecule has 1 fully saturated rings. The summed E-state index contributed by atoms with van der Waals surface area (Å²) in [6.45, 7) is 5.94. The Morgan fingerprint density at radius 2 is 1.88 bits per heavy atom. The van der Waals surface area contributed by atoms with E-state index in [1.54, 1.807) is 0 Å². The van der Waals surface area contributed by atoms with Crippen LogP contribution in [0, 0.1) is 0 Å². The summed E-state index contributed by atoms with van der Waals surface area (Å²) < 4.78 is 0. The Morgan fingerprint density at radius 1 is 1.06 bits per heavy atom. The van der Waals surface area contributed by atoms with Gasteiger partial charge in [-0.3, -0.25) is 0 Å². The van der Waals surface area contributed by atoms with Crippen LogP contribution in [0.5, 0.6) is 0 Å². The Balaban J connectivity index is 1.71. The fourth-order valence-electron chi connectivity index (χ4n) is 2.43. The molecule has 1 aliphatic heterocycles. The van der Waals surface area contributed by atoms with Crippen molar-refractivity contribution >= 4 is 0 Å². The predicted molar refractivity (Wildman–Crippen MR) is 71.9 cm³/mol. The highest BCUT2D eigenvalue weighted by atomic mass is 14.9. The van der Waals surface area contributed by atoms with Crippen LogP contribution in [0.1, 0.15) is 64.7 Å². The van der Waals surface area contributed by atoms with Gasteiger partial charge in [0, 0.05) is 6.04 Å². The van der Waals surface area contributed by atoms with Gasteiger partial charge in [0.25, 0.3) is 0 Å². The summed E-state index contributed by atoms with van der Waals surface area (Å²) in [6.07, 6.45) is 12.5. The van der Waals surface area contributed by atoms with Crippen molar-refractivity contribution in [3.8, 4) is 0 Å². The second-order valence-electron chi connectivity index (χ2n) is 5.10. The fraction of sp³-hybridized carbons (Fsp3) is 1.00. The minimum absolute atomic E-state index is 0.803. The molecule has 0 radical (unpaired) electrons. The first-order chi connectivity index (χ1) is 7.93. The van der Waals surface area contributed by atoms with Crippen LogP contribution in [0.4, 0.5) is 0 Å². The minimum Gasteiger partial charge on any atom is -0.317 e. The summed E-state index contributed by atoms with van der Waals surface area (Å²) in [6, 6.07) is 0.803. The molecular formula is C14H30N2. The molecule has 0 aromatic carbocycles. The van der Waals surface area contributed by atoms with Crippen molar-refractivity contribution < 1.29 is 0 Å². The molecule has 2 heteroatoms. The molecule has 0 saturated carbocycles. The van der Waals surface area contributed by atoms with Crippen LogP contribution in [-0.2, 0) is 0 Å². The molecule has 16 heavy (non-hydrogen) atoms. The molecule has 96 valence electrons. The molecule has 1 aliphatic rings. The molecule has 0 amide bonds. The van der Waals surface area contributed by atoms with Gasteiger partial charge in [-0.25, -0.2) is 0 Å². The Kier molecular flexibility index (Phi) is 8.83. The van der Waals surface area contributed by atoms with Crippen molar-refractivity contribution in [3.05, 3.63) is 0 Å². The Morgan fingerprint density at radius 3 is 2.62 bits per heavy atom. The van der Waals surface area contributed by atoms with E-state index in [9.17, 15) is 0 Å². The van der Waals surface area contributed by atoms with Gasteiger partial charge < -0.3 is 10.6 Å². The number of unbranched alkanes of at least 4 members (excludes halogenated alkanes) is 5. The first-order valence-electron chi connectivity index (χ1n) is 7.37. The molecule has 2 nitrogen and oxygen atoms in total. The summed E-state index contributed by atoms with van der Waals surface area (Å²) in [4.78, 5) is 0. The van der Waals surface area contributed by atoms with Crippen LogP contribution in [0.3, 0.4) is 0 Å². The zero-order valence-corrected chi connectivity index (χ0v) is 11.1. The highest BCUT2D eigenvalue weighted by molar-refractivity contribution is 4.74. The van der Waals surface area contributed by atoms with Crippen LogP contribution in [-0.4, -0.2) is 25.7 Å². The second kappa shape index (κ2) is 10.1. The summed E-state index contributed by atoms with van der Waals surface area (Å²) in [5.41, 5.74) is 0. The highest BCUT2D eigenvalue weighted by Gasteiger charge is 2.12. The third kappa shape index (κ3) is 7.24. The smallest absolute Gasteiger partial charge is 0.00796 e. The number of rotatable bonds is 10. The highest BCUT2D eigenvalue weighted by Crippen LogP contribution is 2.07. The van der Waals surface area contributed by atoms with E-state index in [0.29, 0.717) is 0 Å². The Labute approximate surface area is 102 Å². The fourth-order valence-corrected chi connectivity index (χ4v) is 2.43. The zero-order valence-electron chi connectivity index (χ0n) is 11.1. The van der Waals surface area contributed by atoms with Gasteiger partial charge in [-0.1, -0.05) is 39.0 Å². The van der Waals surface area contributed by atoms with Gasteiger partial charge >= 0.3 is 0 Å². The predicted octanol–water partition coefficient (Wildman–Crippen LogP) is 3.08. The summed E-state index contributed by atoms with van der Waals surface area (Å²) in [5.74, 6) is 0. The van der Waals surface area contributed by atoms with Gasteiger partial charge in [-0.2, -0.15) is 0 Å². The average Bonchev–Trinajstić information content (AvgIpc) is 2.80. The molecule has 1 atom stereocenters. The lowest BCUT2D eigenvalue weighted by atomic mass is 10.1. The van der Waals surface area contributed by atoms with Crippen LogP contribution in [0.2, 0.25) is 0 Å². The normalized spacial score (nSPS) is 20.4. The van der Waals surface area contributed by atoms with E-state index in [-0.39, 0.29) is 0 Å². The van der Waals surface area contributed by atoms with Crippen molar-refractivity contribution in [2.24, 2.45) is 0 Å². The molecule has 0 aromatic rings. The van der Waals surface area contributed by atoms with Crippen molar-refractivity contribution in [2.45, 2.75) is 70.8 Å². The van der Waals surface area contributed by atoms with E-state index in [2.05, 4.69) is 17.6 Å². The van der Waals surface area contributed by atoms with E-state index >= 15 is 0 Å². The summed E-state index contributed by atoms with van der Waals surface area (Å²) >= 11 is 0. The van der Waals surface area contributed by atoms with Gasteiger partial charge in [0.05, 0.1) is 0 Å². The van der Waals surface area contributed by atoms with Crippen molar-refractivity contribution in [3.63, 3.8) is 0 Å². The number of hydrogen-bond donors (Lipinski definition) is 2. The quantitative estimate of drug-likeness (QED) is 0.559. The monoisotopic (exact) mass is 226 g/mol. The van der Waals surface area contributed by atoms with Crippen LogP contribution < -0.4 is 10.6 Å². The van der Waals surface area contributed by atoms with Crippen molar-refractivity contribution in [1.82, 2.24) is 10.6 Å². The minimum atomic E-state index is 0.803. The maximum atomic E-state index is 3.56. The van der Waals surface area contributed by atoms with Crippen LogP contribution >= 0.6 is 0 Å². The molecule has 1 unspecified atom stereocenters. The average molecular weight is 226 g/mol. The largest absolute Gasteiger partial charge is 0.317 e. The van der Waals surface area contributed by atoms with E-state index in [1.807, 2.05) is 0 Å². The molecule has 0 bridgehead atoms. The Bertz CT molecular complexity index is 142. The lowest BCUT2D eigenvalue weighted by Gasteiger charge is -2.10. The zero-order chi connectivity index (χ0) is 11.5. The van der Waals surface area contributed by atoms with E-state index < -0.39 is 0 Å². The number of hydrogen-bond acceptors (Lipinski definition) is 2. The molecular weight excluding hydrogens is 196 g/mol. The lowest BCUT2D eigenvalue weighted by Crippen LogP contribution is -2.27. The van der Waals surface area contributed by atoms with E-state index in [4.69, 9.17) is 0 Å². The number of nitrogens with one attached hydrogen (secondary N) is 2. The van der Waals surface area contributed by atoms with Gasteiger partial charge in [0.2, 0.25) is 0 Å². The third-order valence-corrected chi connectivity index (χ3v) is 3.54. The molecule has 1 rings (SSSR count). The van der Waals surface area contributed by atoms with E-state index in [1.165, 1.54) is 77.4 Å². The molecule has 1 heterocycles. The topological polar surface area (TPSA) is 24.1 Å². The standard InChI is InChI=1S/C14H30N2/c1-2-3-4-5-6-7-11-15-13-10-14-9-8-12-16-14/h14-16H,2-13H2,1H3. The van der Waals surface area contributed by atoms with Crippen LogP contribution in [0.15, 0.2) is 0 Å². The second-order valence-corrected chi connectivity index (χ2v) is 5.10. The first-order valence-corrected chi connectivity index (χ1v) is 7.37. The Hall–Kier alpha value is -0.0800. The molecule has 2 N–H and O–H groups in total. The molecule has 0 aromatic heterocycles. The van der Waals surface area contributed by atoms with Gasteiger partial charge in [-0.15, -0.1) is 0 Å². The van der Waals surface area contributed by atoms with E-state index in [0.717, 1.165) is 6.04 Å². The van der Waals surface area contributed by atoms with Crippen molar-refractivity contribution in [1.29, 1.82) is 0 Å². The molecule has 0 aliphatic carbocycles.